The van der Waals surface area contributed by atoms with E-state index in [1.807, 2.05) is 13.8 Å². The van der Waals surface area contributed by atoms with Gasteiger partial charge >= 0.3 is 5.97 Å². The molecule has 0 aromatic rings. The molecule has 1 unspecified atom stereocenters. The second-order valence-electron chi connectivity index (χ2n) is 2.97. The van der Waals surface area contributed by atoms with Crippen LogP contribution in [0, 0.1) is 5.92 Å². The summed E-state index contributed by atoms with van der Waals surface area (Å²) in [7, 11) is 0. The Morgan fingerprint density at radius 3 is 2.69 bits per heavy atom. The molecular formula is C7H14N4O2. The number of rotatable bonds is 6. The highest BCUT2D eigenvalue weighted by Crippen LogP contribution is 2.00. The Labute approximate surface area is 76.6 Å². The topological polar surface area (TPSA) is 98.1 Å². The normalized spacial score (nSPS) is 12.2. The minimum atomic E-state index is -0.879. The van der Waals surface area contributed by atoms with Crippen molar-refractivity contribution in [1.29, 1.82) is 0 Å². The van der Waals surface area contributed by atoms with Crippen molar-refractivity contribution >= 4 is 5.97 Å². The Bertz CT molecular complexity index is 211. The first-order valence-corrected chi connectivity index (χ1v) is 4.06. The van der Waals surface area contributed by atoms with Gasteiger partial charge in [0.2, 0.25) is 0 Å². The maximum Gasteiger partial charge on any atom is 0.320 e. The SMILES string of the molecule is CC(C)C(NCCN=[N+]=[N-])C(=O)O. The van der Waals surface area contributed by atoms with Crippen molar-refractivity contribution < 1.29 is 9.90 Å². The molecule has 0 spiro atoms. The van der Waals surface area contributed by atoms with Gasteiger partial charge < -0.3 is 10.4 Å². The van der Waals surface area contributed by atoms with E-state index in [2.05, 4.69) is 15.3 Å². The molecule has 0 aromatic heterocycles. The zero-order valence-electron chi connectivity index (χ0n) is 7.77. The number of hydrogen-bond acceptors (Lipinski definition) is 3. The molecule has 0 saturated carbocycles. The van der Waals surface area contributed by atoms with E-state index >= 15 is 0 Å². The minimum absolute atomic E-state index is 0.0172. The van der Waals surface area contributed by atoms with Crippen LogP contribution in [0.15, 0.2) is 5.11 Å². The van der Waals surface area contributed by atoms with Gasteiger partial charge in [0.25, 0.3) is 0 Å². The van der Waals surface area contributed by atoms with Crippen LogP contribution < -0.4 is 5.32 Å². The number of carbonyl (C=O) groups is 1. The highest BCUT2D eigenvalue weighted by Gasteiger charge is 2.19. The standard InChI is InChI=1S/C7H14N4O2/c1-5(2)6(7(12)13)9-3-4-10-11-8/h5-6,9H,3-4H2,1-2H3,(H,12,13). The number of aliphatic carboxylic acids is 1. The molecule has 0 fully saturated rings. The molecule has 6 heteroatoms. The number of carboxylic acid groups (broad SMARTS) is 1. The second-order valence-corrected chi connectivity index (χ2v) is 2.97. The molecule has 0 aliphatic carbocycles. The van der Waals surface area contributed by atoms with Crippen molar-refractivity contribution in [2.75, 3.05) is 13.1 Å². The summed E-state index contributed by atoms with van der Waals surface area (Å²) in [5, 5.41) is 14.8. The van der Waals surface area contributed by atoms with Crippen LogP contribution in [-0.2, 0) is 4.79 Å². The smallest absolute Gasteiger partial charge is 0.320 e. The third-order valence-corrected chi connectivity index (χ3v) is 1.57. The molecule has 74 valence electrons. The first-order valence-electron chi connectivity index (χ1n) is 4.06. The van der Waals surface area contributed by atoms with Gasteiger partial charge in [-0.3, -0.25) is 4.79 Å². The average Bonchev–Trinajstić information content (AvgIpc) is 2.02. The van der Waals surface area contributed by atoms with E-state index in [0.29, 0.717) is 6.54 Å². The number of hydrogen-bond donors (Lipinski definition) is 2. The Balaban J connectivity index is 3.83. The average molecular weight is 186 g/mol. The van der Waals surface area contributed by atoms with E-state index < -0.39 is 12.0 Å². The number of azide groups is 1. The van der Waals surface area contributed by atoms with Crippen molar-refractivity contribution in [1.82, 2.24) is 5.32 Å². The summed E-state index contributed by atoms with van der Waals surface area (Å²) in [5.41, 5.74) is 7.96. The third kappa shape index (κ3) is 5.05. The molecule has 6 nitrogen and oxygen atoms in total. The van der Waals surface area contributed by atoms with Crippen LogP contribution in [0.5, 0.6) is 0 Å². The van der Waals surface area contributed by atoms with Gasteiger partial charge in [0.05, 0.1) is 0 Å². The quantitative estimate of drug-likeness (QED) is 0.280. The van der Waals surface area contributed by atoms with Crippen molar-refractivity contribution in [2.45, 2.75) is 19.9 Å². The molecule has 0 amide bonds. The van der Waals surface area contributed by atoms with Crippen LogP contribution in [0.3, 0.4) is 0 Å². The molecule has 0 bridgehead atoms. The van der Waals surface area contributed by atoms with Gasteiger partial charge in [-0.1, -0.05) is 19.0 Å². The summed E-state index contributed by atoms with van der Waals surface area (Å²) in [5.74, 6) is -0.862. The van der Waals surface area contributed by atoms with Crippen molar-refractivity contribution in [3.05, 3.63) is 10.4 Å². The Kier molecular flexibility index (Phi) is 5.67. The van der Waals surface area contributed by atoms with Crippen LogP contribution in [0.25, 0.3) is 10.4 Å². The molecule has 0 aliphatic heterocycles. The fourth-order valence-corrected chi connectivity index (χ4v) is 0.923. The summed E-state index contributed by atoms with van der Waals surface area (Å²) in [6.07, 6.45) is 0. The van der Waals surface area contributed by atoms with Gasteiger partial charge in [-0.05, 0) is 11.4 Å². The van der Waals surface area contributed by atoms with Crippen LogP contribution >= 0.6 is 0 Å². The van der Waals surface area contributed by atoms with Crippen molar-refractivity contribution in [3.8, 4) is 0 Å². The van der Waals surface area contributed by atoms with E-state index in [9.17, 15) is 4.79 Å². The number of carboxylic acids is 1. The molecule has 0 aliphatic rings. The molecule has 1 atom stereocenters. The van der Waals surface area contributed by atoms with E-state index in [4.69, 9.17) is 10.6 Å². The van der Waals surface area contributed by atoms with E-state index in [1.165, 1.54) is 0 Å². The predicted molar refractivity (Wildman–Crippen MR) is 48.3 cm³/mol. The largest absolute Gasteiger partial charge is 0.480 e. The van der Waals surface area contributed by atoms with Gasteiger partial charge in [0.15, 0.2) is 0 Å². The van der Waals surface area contributed by atoms with Crippen molar-refractivity contribution in [3.63, 3.8) is 0 Å². The monoisotopic (exact) mass is 186 g/mol. The highest BCUT2D eigenvalue weighted by atomic mass is 16.4. The van der Waals surface area contributed by atoms with Crippen LogP contribution in [0.4, 0.5) is 0 Å². The fourth-order valence-electron chi connectivity index (χ4n) is 0.923. The molecule has 0 heterocycles. The van der Waals surface area contributed by atoms with E-state index in [1.54, 1.807) is 0 Å². The van der Waals surface area contributed by atoms with E-state index in [-0.39, 0.29) is 12.5 Å². The Morgan fingerprint density at radius 2 is 2.31 bits per heavy atom. The Hall–Kier alpha value is -1.26. The van der Waals surface area contributed by atoms with Gasteiger partial charge in [-0.15, -0.1) is 0 Å². The fraction of sp³-hybridized carbons (Fsp3) is 0.857. The minimum Gasteiger partial charge on any atom is -0.480 e. The summed E-state index contributed by atoms with van der Waals surface area (Å²) in [6, 6.07) is -0.575. The first-order chi connectivity index (χ1) is 6.09. The zero-order chi connectivity index (χ0) is 10.3. The number of nitrogens with zero attached hydrogens (tertiary/aromatic N) is 3. The molecule has 0 radical (unpaired) electrons. The number of nitrogens with one attached hydrogen (secondary N) is 1. The first kappa shape index (κ1) is 11.7. The van der Waals surface area contributed by atoms with E-state index in [0.717, 1.165) is 0 Å². The van der Waals surface area contributed by atoms with Crippen LogP contribution in [0.2, 0.25) is 0 Å². The molecule has 13 heavy (non-hydrogen) atoms. The Morgan fingerprint density at radius 1 is 1.69 bits per heavy atom. The zero-order valence-corrected chi connectivity index (χ0v) is 7.77. The maximum atomic E-state index is 10.6. The predicted octanol–water partition coefficient (Wildman–Crippen LogP) is 0.995. The van der Waals surface area contributed by atoms with Gasteiger partial charge in [0.1, 0.15) is 6.04 Å². The van der Waals surface area contributed by atoms with Gasteiger partial charge in [0, 0.05) is 18.0 Å². The lowest BCUT2D eigenvalue weighted by molar-refractivity contribution is -0.140. The summed E-state index contributed by atoms with van der Waals surface area (Å²) >= 11 is 0. The summed E-state index contributed by atoms with van der Waals surface area (Å²) in [6.45, 7) is 4.30. The highest BCUT2D eigenvalue weighted by molar-refractivity contribution is 5.73. The summed E-state index contributed by atoms with van der Waals surface area (Å²) < 4.78 is 0. The van der Waals surface area contributed by atoms with Crippen LogP contribution in [0.1, 0.15) is 13.8 Å². The molecule has 0 aromatic carbocycles. The molecule has 0 saturated heterocycles. The maximum absolute atomic E-state index is 10.6. The van der Waals surface area contributed by atoms with Crippen LogP contribution in [-0.4, -0.2) is 30.2 Å². The summed E-state index contributed by atoms with van der Waals surface area (Å²) in [4.78, 5) is 13.2. The molecule has 0 rings (SSSR count). The third-order valence-electron chi connectivity index (χ3n) is 1.57. The van der Waals surface area contributed by atoms with Gasteiger partial charge in [-0.2, -0.15) is 0 Å². The lowest BCUT2D eigenvalue weighted by atomic mass is 10.1. The van der Waals surface area contributed by atoms with Gasteiger partial charge in [-0.25, -0.2) is 0 Å². The molecular weight excluding hydrogens is 172 g/mol. The molecule has 2 N–H and O–H groups in total. The van der Waals surface area contributed by atoms with Crippen molar-refractivity contribution in [2.24, 2.45) is 11.0 Å². The second kappa shape index (κ2) is 6.28. The lowest BCUT2D eigenvalue weighted by Crippen LogP contribution is -2.41. The lowest BCUT2D eigenvalue weighted by Gasteiger charge is -2.16.